The second-order valence-electron chi connectivity index (χ2n) is 5.76. The van der Waals surface area contributed by atoms with E-state index in [0.717, 1.165) is 19.5 Å². The van der Waals surface area contributed by atoms with Crippen LogP contribution >= 0.6 is 0 Å². The van der Waals surface area contributed by atoms with Crippen molar-refractivity contribution >= 4 is 11.7 Å². The van der Waals surface area contributed by atoms with Crippen molar-refractivity contribution in [3.63, 3.8) is 0 Å². The topological polar surface area (TPSA) is 72.7 Å². The van der Waals surface area contributed by atoms with Gasteiger partial charge in [-0.15, -0.1) is 0 Å². The van der Waals surface area contributed by atoms with Crippen LogP contribution in [0.4, 0.5) is 5.69 Å². The molecule has 6 heteroatoms. The normalized spacial score (nSPS) is 27.4. The van der Waals surface area contributed by atoms with E-state index in [1.165, 1.54) is 5.69 Å². The van der Waals surface area contributed by atoms with Gasteiger partial charge in [0, 0.05) is 36.0 Å². The number of nitro groups is 1. The Morgan fingerprint density at radius 3 is 2.81 bits per heavy atom. The molecule has 1 heterocycles. The first-order valence-corrected chi connectivity index (χ1v) is 7.25. The molecule has 1 aromatic carbocycles. The van der Waals surface area contributed by atoms with Crippen LogP contribution in [0.15, 0.2) is 30.3 Å². The third kappa shape index (κ3) is 3.15. The average molecular weight is 290 g/mol. The molecule has 2 fully saturated rings. The molecule has 1 aliphatic heterocycles. The molecule has 21 heavy (non-hydrogen) atoms. The fraction of sp³-hybridized carbons (Fsp3) is 0.533. The standard InChI is InChI=1S/C15H18N2O4/c18-15(13-8-14(13)17(19)20)21-10-11-6-7-16(9-11)12-4-2-1-3-5-12/h1-5,11,13-14H,6-10H2/t11-,13-,14+/m1/s1. The van der Waals surface area contributed by atoms with E-state index in [4.69, 9.17) is 4.74 Å². The first-order chi connectivity index (χ1) is 10.1. The second-order valence-corrected chi connectivity index (χ2v) is 5.76. The number of nitrogens with zero attached hydrogens (tertiary/aromatic N) is 2. The molecule has 3 rings (SSSR count). The minimum atomic E-state index is -0.720. The molecule has 1 aliphatic carbocycles. The lowest BCUT2D eigenvalue weighted by Gasteiger charge is -2.18. The second kappa shape index (κ2) is 5.71. The first kappa shape index (κ1) is 13.9. The molecule has 0 spiro atoms. The Morgan fingerprint density at radius 2 is 2.14 bits per heavy atom. The quantitative estimate of drug-likeness (QED) is 0.469. The number of benzene rings is 1. The molecule has 6 nitrogen and oxygen atoms in total. The number of hydrogen-bond acceptors (Lipinski definition) is 5. The van der Waals surface area contributed by atoms with E-state index in [-0.39, 0.29) is 0 Å². The van der Waals surface area contributed by atoms with Crippen LogP contribution in [0.5, 0.6) is 0 Å². The lowest BCUT2D eigenvalue weighted by molar-refractivity contribution is -0.497. The first-order valence-electron chi connectivity index (χ1n) is 7.25. The highest BCUT2D eigenvalue weighted by atomic mass is 16.6. The van der Waals surface area contributed by atoms with Gasteiger partial charge >= 0.3 is 5.97 Å². The summed E-state index contributed by atoms with van der Waals surface area (Å²) in [6, 6.07) is 9.42. The summed E-state index contributed by atoms with van der Waals surface area (Å²) >= 11 is 0. The number of hydrogen-bond donors (Lipinski definition) is 0. The predicted octanol–water partition coefficient (Wildman–Crippen LogP) is 1.72. The molecule has 0 radical (unpaired) electrons. The molecule has 0 unspecified atom stereocenters. The smallest absolute Gasteiger partial charge is 0.316 e. The third-order valence-electron chi connectivity index (χ3n) is 4.20. The summed E-state index contributed by atoms with van der Waals surface area (Å²) in [6.07, 6.45) is 1.30. The van der Waals surface area contributed by atoms with E-state index >= 15 is 0 Å². The molecule has 1 saturated heterocycles. The zero-order chi connectivity index (χ0) is 14.8. The van der Waals surface area contributed by atoms with Gasteiger partial charge in [0.15, 0.2) is 0 Å². The summed E-state index contributed by atoms with van der Waals surface area (Å²) in [5.41, 5.74) is 1.18. The van der Waals surface area contributed by atoms with Gasteiger partial charge in [-0.05, 0) is 18.6 Å². The number of carbonyl (C=O) groups is 1. The highest BCUT2D eigenvalue weighted by molar-refractivity contribution is 5.76. The van der Waals surface area contributed by atoms with Gasteiger partial charge in [-0.1, -0.05) is 18.2 Å². The molecular weight excluding hydrogens is 272 g/mol. The molecule has 2 aliphatic rings. The summed E-state index contributed by atoms with van der Waals surface area (Å²) in [4.78, 5) is 24.1. The van der Waals surface area contributed by atoms with Crippen molar-refractivity contribution in [2.24, 2.45) is 11.8 Å². The van der Waals surface area contributed by atoms with Crippen LogP contribution in [0.3, 0.4) is 0 Å². The lowest BCUT2D eigenvalue weighted by atomic mass is 10.1. The number of anilines is 1. The Bertz CT molecular complexity index is 534. The Labute approximate surface area is 122 Å². The fourth-order valence-electron chi connectivity index (χ4n) is 2.82. The van der Waals surface area contributed by atoms with Gasteiger partial charge in [0.2, 0.25) is 6.04 Å². The van der Waals surface area contributed by atoms with Gasteiger partial charge in [-0.25, -0.2) is 0 Å². The van der Waals surface area contributed by atoms with Crippen LogP contribution in [0.1, 0.15) is 12.8 Å². The number of para-hydroxylation sites is 1. The predicted molar refractivity (Wildman–Crippen MR) is 76.6 cm³/mol. The van der Waals surface area contributed by atoms with E-state index in [0.29, 0.717) is 18.9 Å². The van der Waals surface area contributed by atoms with Crippen molar-refractivity contribution in [1.82, 2.24) is 0 Å². The van der Waals surface area contributed by atoms with Gasteiger partial charge in [-0.3, -0.25) is 14.9 Å². The van der Waals surface area contributed by atoms with Gasteiger partial charge in [0.25, 0.3) is 0 Å². The SMILES string of the molecule is O=C(OC[C@@H]1CCN(c2ccccc2)C1)[C@@H]1C[C@@H]1[N+](=O)[O-]. The Balaban J connectivity index is 1.43. The average Bonchev–Trinajstić information content (AvgIpc) is 3.17. The Kier molecular flexibility index (Phi) is 3.77. The maximum atomic E-state index is 11.7. The molecule has 0 N–H and O–H groups in total. The van der Waals surface area contributed by atoms with Crippen molar-refractivity contribution in [2.45, 2.75) is 18.9 Å². The Hall–Kier alpha value is -2.11. The highest BCUT2D eigenvalue weighted by Crippen LogP contribution is 2.34. The molecule has 0 amide bonds. The zero-order valence-electron chi connectivity index (χ0n) is 11.7. The lowest BCUT2D eigenvalue weighted by Crippen LogP contribution is -2.22. The Morgan fingerprint density at radius 1 is 1.38 bits per heavy atom. The van der Waals surface area contributed by atoms with Crippen LogP contribution in [-0.2, 0) is 9.53 Å². The molecule has 1 aromatic rings. The molecular formula is C15H18N2O4. The van der Waals surface area contributed by atoms with Gasteiger partial charge in [-0.2, -0.15) is 0 Å². The molecule has 0 bridgehead atoms. The molecule has 3 atom stereocenters. The maximum absolute atomic E-state index is 11.7. The minimum Gasteiger partial charge on any atom is -0.465 e. The summed E-state index contributed by atoms with van der Waals surface area (Å²) in [5, 5.41) is 10.5. The summed E-state index contributed by atoms with van der Waals surface area (Å²) in [6.45, 7) is 2.18. The maximum Gasteiger partial charge on any atom is 0.316 e. The fourth-order valence-corrected chi connectivity index (χ4v) is 2.82. The number of esters is 1. The zero-order valence-corrected chi connectivity index (χ0v) is 11.7. The molecule has 0 aromatic heterocycles. The van der Waals surface area contributed by atoms with Crippen molar-refractivity contribution < 1.29 is 14.5 Å². The monoisotopic (exact) mass is 290 g/mol. The van der Waals surface area contributed by atoms with E-state index in [9.17, 15) is 14.9 Å². The van der Waals surface area contributed by atoms with Crippen LogP contribution in [0.25, 0.3) is 0 Å². The number of ether oxygens (including phenoxy) is 1. The van der Waals surface area contributed by atoms with E-state index in [1.807, 2.05) is 18.2 Å². The largest absolute Gasteiger partial charge is 0.465 e. The van der Waals surface area contributed by atoms with Crippen LogP contribution in [-0.4, -0.2) is 36.6 Å². The van der Waals surface area contributed by atoms with Crippen LogP contribution < -0.4 is 4.90 Å². The van der Waals surface area contributed by atoms with Gasteiger partial charge in [0.1, 0.15) is 5.92 Å². The van der Waals surface area contributed by atoms with Crippen LogP contribution in [0, 0.1) is 22.0 Å². The summed E-state index contributed by atoms with van der Waals surface area (Å²) in [7, 11) is 0. The molecule has 112 valence electrons. The third-order valence-corrected chi connectivity index (χ3v) is 4.20. The summed E-state index contributed by atoms with van der Waals surface area (Å²) < 4.78 is 5.24. The minimum absolute atomic E-state index is 0.307. The van der Waals surface area contributed by atoms with Crippen molar-refractivity contribution in [3.8, 4) is 0 Å². The van der Waals surface area contributed by atoms with Crippen molar-refractivity contribution in [2.75, 3.05) is 24.6 Å². The number of carbonyl (C=O) groups excluding carboxylic acids is 1. The summed E-state index contributed by atoms with van der Waals surface area (Å²) in [5.74, 6) is -0.622. The van der Waals surface area contributed by atoms with E-state index in [2.05, 4.69) is 17.0 Å². The van der Waals surface area contributed by atoms with Gasteiger partial charge < -0.3 is 9.64 Å². The van der Waals surface area contributed by atoms with Crippen LogP contribution in [0.2, 0.25) is 0 Å². The van der Waals surface area contributed by atoms with Crippen molar-refractivity contribution in [1.29, 1.82) is 0 Å². The number of rotatable bonds is 5. The highest BCUT2D eigenvalue weighted by Gasteiger charge is 2.54. The van der Waals surface area contributed by atoms with Crippen molar-refractivity contribution in [3.05, 3.63) is 40.4 Å². The van der Waals surface area contributed by atoms with E-state index in [1.54, 1.807) is 0 Å². The molecule has 1 saturated carbocycles. The van der Waals surface area contributed by atoms with Gasteiger partial charge in [0.05, 0.1) is 6.61 Å². The van der Waals surface area contributed by atoms with E-state index < -0.39 is 22.9 Å².